The van der Waals surface area contributed by atoms with Crippen LogP contribution in [0.3, 0.4) is 0 Å². The van der Waals surface area contributed by atoms with E-state index in [-0.39, 0.29) is 5.82 Å². The Bertz CT molecular complexity index is 476. The summed E-state index contributed by atoms with van der Waals surface area (Å²) in [5, 5.41) is 0. The van der Waals surface area contributed by atoms with Gasteiger partial charge in [-0.2, -0.15) is 0 Å². The van der Waals surface area contributed by atoms with Crippen molar-refractivity contribution in [2.24, 2.45) is 0 Å². The van der Waals surface area contributed by atoms with Crippen LogP contribution in [0, 0.1) is 5.82 Å². The fraction of sp³-hybridized carbons (Fsp3) is 0.0833. The molecule has 1 aromatic carbocycles. The summed E-state index contributed by atoms with van der Waals surface area (Å²) in [6.07, 6.45) is 1.70. The Morgan fingerprint density at radius 3 is 2.81 bits per heavy atom. The van der Waals surface area contributed by atoms with Gasteiger partial charge in [-0.25, -0.2) is 4.39 Å². The summed E-state index contributed by atoms with van der Waals surface area (Å²) in [5.41, 5.74) is 1.44. The molecule has 1 heterocycles. The van der Waals surface area contributed by atoms with Crippen molar-refractivity contribution < 1.29 is 9.13 Å². The molecular weight excluding hydrogens is 204 g/mol. The van der Waals surface area contributed by atoms with Crippen LogP contribution < -0.4 is 10.2 Å². The topological polar surface area (TPSA) is 22.1 Å². The van der Waals surface area contributed by atoms with Crippen molar-refractivity contribution in [3.05, 3.63) is 54.1 Å². The normalized spacial score (nSPS) is 10.1. The van der Waals surface area contributed by atoms with E-state index in [0.717, 1.165) is 5.69 Å². The first-order chi connectivity index (χ1) is 7.75. The number of nitrogens with zero attached hydrogens (tertiary/aromatic N) is 1. The second-order valence-corrected chi connectivity index (χ2v) is 3.52. The van der Waals surface area contributed by atoms with Crippen LogP contribution in [0.15, 0.2) is 42.6 Å². The summed E-state index contributed by atoms with van der Waals surface area (Å²) in [4.78, 5) is 4.12. The van der Waals surface area contributed by atoms with Gasteiger partial charge in [0.1, 0.15) is 26.0 Å². The lowest BCUT2D eigenvalue weighted by Gasteiger charge is -2.06. The molecule has 0 fully saturated rings. The second-order valence-electron chi connectivity index (χ2n) is 3.52. The molecule has 1 aromatic heterocycles. The minimum atomic E-state index is -0.251. The first-order valence-corrected chi connectivity index (χ1v) is 5.04. The third-order valence-electron chi connectivity index (χ3n) is 2.26. The van der Waals surface area contributed by atoms with Gasteiger partial charge in [-0.3, -0.25) is 4.98 Å². The minimum absolute atomic E-state index is 0.251. The zero-order chi connectivity index (χ0) is 11.4. The van der Waals surface area contributed by atoms with Crippen molar-refractivity contribution in [3.8, 4) is 5.75 Å². The number of benzene rings is 1. The zero-order valence-corrected chi connectivity index (χ0v) is 8.98. The average molecular weight is 215 g/mol. The van der Waals surface area contributed by atoms with Gasteiger partial charge in [0.15, 0.2) is 0 Å². The molecule has 0 aliphatic heterocycles. The maximum absolute atomic E-state index is 13.2. The highest BCUT2D eigenvalue weighted by Gasteiger charge is 2.00. The van der Waals surface area contributed by atoms with E-state index in [1.807, 2.05) is 18.2 Å². The highest BCUT2D eigenvalue weighted by molar-refractivity contribution is 6.32. The third-order valence-corrected chi connectivity index (χ3v) is 2.26. The van der Waals surface area contributed by atoms with Gasteiger partial charge in [0, 0.05) is 12.3 Å². The Hall–Kier alpha value is -1.84. The maximum Gasteiger partial charge on any atom is 0.143 e. The summed E-state index contributed by atoms with van der Waals surface area (Å²) >= 11 is 0. The van der Waals surface area contributed by atoms with E-state index in [1.165, 1.54) is 6.07 Å². The summed E-state index contributed by atoms with van der Waals surface area (Å²) in [5.74, 6) is 0.271. The molecule has 0 radical (unpaired) electrons. The number of rotatable bonds is 3. The van der Waals surface area contributed by atoms with Crippen molar-refractivity contribution in [2.45, 2.75) is 6.61 Å². The largest absolute Gasteiger partial charge is 0.487 e. The predicted molar refractivity (Wildman–Crippen MR) is 63.1 cm³/mol. The van der Waals surface area contributed by atoms with E-state index in [2.05, 4.69) is 4.98 Å². The summed E-state index contributed by atoms with van der Waals surface area (Å²) in [7, 11) is 1.72. The van der Waals surface area contributed by atoms with E-state index >= 15 is 0 Å². The van der Waals surface area contributed by atoms with E-state index < -0.39 is 0 Å². The number of ether oxygens (including phenoxy) is 1. The molecule has 16 heavy (non-hydrogen) atoms. The Labute approximate surface area is 94.5 Å². The van der Waals surface area contributed by atoms with Crippen LogP contribution in [-0.4, -0.2) is 12.8 Å². The third kappa shape index (κ3) is 2.60. The van der Waals surface area contributed by atoms with Crippen molar-refractivity contribution >= 4 is 13.3 Å². The number of hydrogen-bond donors (Lipinski definition) is 0. The SMILES string of the molecule is Bc1ccc(OCc2ccccn2)cc1F. The summed E-state index contributed by atoms with van der Waals surface area (Å²) in [6, 6.07) is 10.4. The van der Waals surface area contributed by atoms with Gasteiger partial charge in [-0.1, -0.05) is 17.6 Å². The molecule has 0 saturated carbocycles. The van der Waals surface area contributed by atoms with E-state index in [9.17, 15) is 4.39 Å². The standard InChI is InChI=1S/C12H11BFNO/c13-11-5-4-10(7-12(11)14)16-8-9-3-1-2-6-15-9/h1-7H,8,13H2. The predicted octanol–water partition coefficient (Wildman–Crippen LogP) is 1.06. The summed E-state index contributed by atoms with van der Waals surface area (Å²) in [6.45, 7) is 0.351. The molecule has 0 atom stereocenters. The Morgan fingerprint density at radius 1 is 1.25 bits per heavy atom. The molecule has 0 aliphatic carbocycles. The molecule has 2 nitrogen and oxygen atoms in total. The lowest BCUT2D eigenvalue weighted by Crippen LogP contribution is -2.08. The Morgan fingerprint density at radius 2 is 2.12 bits per heavy atom. The first kappa shape index (κ1) is 10.7. The molecule has 0 spiro atoms. The van der Waals surface area contributed by atoms with Crippen LogP contribution in [0.5, 0.6) is 5.75 Å². The van der Waals surface area contributed by atoms with E-state index in [0.29, 0.717) is 17.8 Å². The molecule has 0 amide bonds. The zero-order valence-electron chi connectivity index (χ0n) is 8.98. The smallest absolute Gasteiger partial charge is 0.143 e. The van der Waals surface area contributed by atoms with Gasteiger partial charge in [0.05, 0.1) is 5.69 Å². The molecule has 0 unspecified atom stereocenters. The number of pyridine rings is 1. The van der Waals surface area contributed by atoms with Crippen LogP contribution in [0.25, 0.3) is 0 Å². The van der Waals surface area contributed by atoms with Crippen molar-refractivity contribution in [1.29, 1.82) is 0 Å². The van der Waals surface area contributed by atoms with Crippen LogP contribution in [0.4, 0.5) is 4.39 Å². The molecule has 0 aliphatic rings. The van der Waals surface area contributed by atoms with Crippen LogP contribution in [0.2, 0.25) is 0 Å². The molecule has 0 saturated heterocycles. The Kier molecular flexibility index (Phi) is 3.20. The van der Waals surface area contributed by atoms with Gasteiger partial charge in [-0.05, 0) is 18.2 Å². The van der Waals surface area contributed by atoms with Crippen molar-refractivity contribution in [2.75, 3.05) is 0 Å². The monoisotopic (exact) mass is 215 g/mol. The average Bonchev–Trinajstić information content (AvgIpc) is 2.32. The molecule has 0 N–H and O–H groups in total. The molecule has 0 bridgehead atoms. The lowest BCUT2D eigenvalue weighted by molar-refractivity contribution is 0.300. The highest BCUT2D eigenvalue weighted by atomic mass is 19.1. The molecule has 2 aromatic rings. The van der Waals surface area contributed by atoms with Crippen LogP contribution in [-0.2, 0) is 6.61 Å². The van der Waals surface area contributed by atoms with Gasteiger partial charge in [0.2, 0.25) is 0 Å². The number of hydrogen-bond acceptors (Lipinski definition) is 2. The van der Waals surface area contributed by atoms with Gasteiger partial charge >= 0.3 is 0 Å². The van der Waals surface area contributed by atoms with Gasteiger partial charge < -0.3 is 4.74 Å². The molecular formula is C12H11BFNO. The number of halogens is 1. The molecule has 80 valence electrons. The van der Waals surface area contributed by atoms with Gasteiger partial charge in [-0.15, -0.1) is 0 Å². The minimum Gasteiger partial charge on any atom is -0.487 e. The number of aromatic nitrogens is 1. The lowest BCUT2D eigenvalue weighted by atomic mass is 9.96. The fourth-order valence-corrected chi connectivity index (χ4v) is 1.30. The van der Waals surface area contributed by atoms with Crippen LogP contribution in [0.1, 0.15) is 5.69 Å². The summed E-state index contributed by atoms with van der Waals surface area (Å²) < 4.78 is 18.6. The van der Waals surface area contributed by atoms with Crippen LogP contribution >= 0.6 is 0 Å². The van der Waals surface area contributed by atoms with Gasteiger partial charge in [0.25, 0.3) is 0 Å². The van der Waals surface area contributed by atoms with E-state index in [1.54, 1.807) is 26.2 Å². The van der Waals surface area contributed by atoms with Crippen molar-refractivity contribution in [1.82, 2.24) is 4.98 Å². The van der Waals surface area contributed by atoms with Crippen molar-refractivity contribution in [3.63, 3.8) is 0 Å². The maximum atomic E-state index is 13.2. The van der Waals surface area contributed by atoms with E-state index in [4.69, 9.17) is 4.74 Å². The molecule has 2 rings (SSSR count). The fourth-order valence-electron chi connectivity index (χ4n) is 1.30. The molecule has 4 heteroatoms. The Balaban J connectivity index is 2.03. The first-order valence-electron chi connectivity index (χ1n) is 5.04. The second kappa shape index (κ2) is 4.79. The highest BCUT2D eigenvalue weighted by Crippen LogP contribution is 2.11. The quantitative estimate of drug-likeness (QED) is 0.714.